The first-order valence-corrected chi connectivity index (χ1v) is 5.82. The van der Waals surface area contributed by atoms with Gasteiger partial charge in [0.05, 0.1) is 19.7 Å². The molecule has 0 spiro atoms. The van der Waals surface area contributed by atoms with E-state index in [-0.39, 0.29) is 12.5 Å². The molecule has 0 unspecified atom stereocenters. The van der Waals surface area contributed by atoms with E-state index in [4.69, 9.17) is 4.74 Å². The monoisotopic (exact) mass is 237 g/mol. The van der Waals surface area contributed by atoms with E-state index in [9.17, 15) is 4.79 Å². The Morgan fingerprint density at radius 1 is 1.41 bits per heavy atom. The molecule has 0 saturated heterocycles. The van der Waals surface area contributed by atoms with Gasteiger partial charge in [-0.15, -0.1) is 0 Å². The van der Waals surface area contributed by atoms with Crippen LogP contribution in [0.1, 0.15) is 25.6 Å². The molecule has 0 aliphatic rings. The van der Waals surface area contributed by atoms with E-state index in [1.165, 1.54) is 0 Å². The molecule has 0 atom stereocenters. The van der Waals surface area contributed by atoms with E-state index in [1.807, 2.05) is 11.9 Å². The Hall–Kier alpha value is -1.49. The average molecular weight is 237 g/mol. The van der Waals surface area contributed by atoms with Crippen LogP contribution in [-0.2, 0) is 16.1 Å². The molecule has 0 N–H and O–H groups in total. The highest BCUT2D eigenvalue weighted by molar-refractivity contribution is 5.71. The molecule has 0 aromatic carbocycles. The summed E-state index contributed by atoms with van der Waals surface area (Å²) in [4.78, 5) is 21.4. The molecule has 1 aromatic rings. The number of carbonyl (C=O) groups is 1. The molecule has 0 aliphatic heterocycles. The van der Waals surface area contributed by atoms with Gasteiger partial charge in [0, 0.05) is 12.4 Å². The van der Waals surface area contributed by atoms with Crippen LogP contribution in [0.4, 0.5) is 0 Å². The van der Waals surface area contributed by atoms with Crippen LogP contribution in [0.15, 0.2) is 18.5 Å². The Bertz CT molecular complexity index is 330. The number of carbonyl (C=O) groups excluding carboxylic acids is 1. The molecule has 0 aliphatic carbocycles. The van der Waals surface area contributed by atoms with E-state index in [0.717, 1.165) is 12.8 Å². The molecular weight excluding hydrogens is 218 g/mol. The smallest absolute Gasteiger partial charge is 0.320 e. The fourth-order valence-electron chi connectivity index (χ4n) is 1.31. The largest absolute Gasteiger partial charge is 0.465 e. The van der Waals surface area contributed by atoms with Crippen molar-refractivity contribution in [3.63, 3.8) is 0 Å². The SMILES string of the molecule is CCCCOC(=O)CN(C)Cc1ncccn1. The van der Waals surface area contributed by atoms with Crippen molar-refractivity contribution in [2.45, 2.75) is 26.3 Å². The molecule has 0 radical (unpaired) electrons. The molecule has 94 valence electrons. The predicted molar refractivity (Wildman–Crippen MR) is 64.2 cm³/mol. The topological polar surface area (TPSA) is 55.3 Å². The summed E-state index contributed by atoms with van der Waals surface area (Å²) < 4.78 is 5.07. The van der Waals surface area contributed by atoms with E-state index in [2.05, 4.69) is 16.9 Å². The molecule has 5 heteroatoms. The van der Waals surface area contributed by atoms with Crippen molar-refractivity contribution in [3.05, 3.63) is 24.3 Å². The van der Waals surface area contributed by atoms with Crippen LogP contribution in [0.5, 0.6) is 0 Å². The standard InChI is InChI=1S/C12H19N3O2/c1-3-4-8-17-12(16)10-15(2)9-11-13-6-5-7-14-11/h5-7H,3-4,8-10H2,1-2H3. The quantitative estimate of drug-likeness (QED) is 0.527. The summed E-state index contributed by atoms with van der Waals surface area (Å²) in [6.45, 7) is 3.38. The zero-order valence-corrected chi connectivity index (χ0v) is 10.4. The Morgan fingerprint density at radius 3 is 2.76 bits per heavy atom. The molecule has 0 amide bonds. The van der Waals surface area contributed by atoms with Gasteiger partial charge >= 0.3 is 5.97 Å². The zero-order valence-electron chi connectivity index (χ0n) is 10.4. The fourth-order valence-corrected chi connectivity index (χ4v) is 1.31. The van der Waals surface area contributed by atoms with Crippen LogP contribution >= 0.6 is 0 Å². The third kappa shape index (κ3) is 5.97. The van der Waals surface area contributed by atoms with Gasteiger partial charge in [-0.25, -0.2) is 9.97 Å². The van der Waals surface area contributed by atoms with Gasteiger partial charge in [0.2, 0.25) is 0 Å². The minimum atomic E-state index is -0.197. The Kier molecular flexibility index (Phi) is 6.17. The molecule has 0 bridgehead atoms. The van der Waals surface area contributed by atoms with Gasteiger partial charge in [0.15, 0.2) is 0 Å². The number of esters is 1. The number of rotatable bonds is 7. The third-order valence-corrected chi connectivity index (χ3v) is 2.19. The molecule has 5 nitrogen and oxygen atoms in total. The number of hydrogen-bond acceptors (Lipinski definition) is 5. The highest BCUT2D eigenvalue weighted by atomic mass is 16.5. The molecular formula is C12H19N3O2. The Balaban J connectivity index is 2.25. The maximum Gasteiger partial charge on any atom is 0.320 e. The highest BCUT2D eigenvalue weighted by Crippen LogP contribution is 1.96. The van der Waals surface area contributed by atoms with E-state index < -0.39 is 0 Å². The van der Waals surface area contributed by atoms with Crippen molar-refractivity contribution < 1.29 is 9.53 Å². The number of ether oxygens (including phenoxy) is 1. The minimum absolute atomic E-state index is 0.197. The summed E-state index contributed by atoms with van der Waals surface area (Å²) >= 11 is 0. The van der Waals surface area contributed by atoms with Gasteiger partial charge in [-0.05, 0) is 19.5 Å². The van der Waals surface area contributed by atoms with Gasteiger partial charge in [0.1, 0.15) is 5.82 Å². The lowest BCUT2D eigenvalue weighted by Crippen LogP contribution is -2.27. The van der Waals surface area contributed by atoms with Crippen molar-refractivity contribution in [2.75, 3.05) is 20.2 Å². The molecule has 1 rings (SSSR count). The van der Waals surface area contributed by atoms with Gasteiger partial charge in [0.25, 0.3) is 0 Å². The van der Waals surface area contributed by atoms with Crippen molar-refractivity contribution in [3.8, 4) is 0 Å². The first kappa shape index (κ1) is 13.6. The van der Waals surface area contributed by atoms with Gasteiger partial charge in [-0.2, -0.15) is 0 Å². The lowest BCUT2D eigenvalue weighted by atomic mass is 10.4. The summed E-state index contributed by atoms with van der Waals surface area (Å²) in [5, 5.41) is 0. The van der Waals surface area contributed by atoms with Crippen LogP contribution in [0.25, 0.3) is 0 Å². The molecule has 0 saturated carbocycles. The van der Waals surface area contributed by atoms with Crippen LogP contribution in [0.3, 0.4) is 0 Å². The second kappa shape index (κ2) is 7.73. The van der Waals surface area contributed by atoms with Gasteiger partial charge in [-0.3, -0.25) is 9.69 Å². The Labute approximate surface area is 102 Å². The summed E-state index contributed by atoms with van der Waals surface area (Å²) in [5.41, 5.74) is 0. The fraction of sp³-hybridized carbons (Fsp3) is 0.583. The van der Waals surface area contributed by atoms with Crippen molar-refractivity contribution in [1.29, 1.82) is 0 Å². The van der Waals surface area contributed by atoms with Crippen molar-refractivity contribution >= 4 is 5.97 Å². The number of unbranched alkanes of at least 4 members (excludes halogenated alkanes) is 1. The second-order valence-electron chi connectivity index (χ2n) is 3.91. The summed E-state index contributed by atoms with van der Waals surface area (Å²) in [7, 11) is 1.84. The lowest BCUT2D eigenvalue weighted by Gasteiger charge is -2.14. The highest BCUT2D eigenvalue weighted by Gasteiger charge is 2.08. The number of aromatic nitrogens is 2. The van der Waals surface area contributed by atoms with Gasteiger partial charge < -0.3 is 4.74 Å². The van der Waals surface area contributed by atoms with E-state index >= 15 is 0 Å². The third-order valence-electron chi connectivity index (χ3n) is 2.19. The minimum Gasteiger partial charge on any atom is -0.465 e. The lowest BCUT2D eigenvalue weighted by molar-refractivity contribution is -0.144. The zero-order chi connectivity index (χ0) is 12.5. The predicted octanol–water partition coefficient (Wildman–Crippen LogP) is 1.25. The first-order valence-electron chi connectivity index (χ1n) is 5.82. The molecule has 0 fully saturated rings. The maximum atomic E-state index is 11.4. The van der Waals surface area contributed by atoms with Crippen LogP contribution in [0.2, 0.25) is 0 Å². The maximum absolute atomic E-state index is 11.4. The first-order chi connectivity index (χ1) is 8.22. The van der Waals surface area contributed by atoms with Crippen LogP contribution < -0.4 is 0 Å². The van der Waals surface area contributed by atoms with Crippen molar-refractivity contribution in [2.24, 2.45) is 0 Å². The summed E-state index contributed by atoms with van der Waals surface area (Å²) in [6, 6.07) is 1.77. The van der Waals surface area contributed by atoms with Crippen molar-refractivity contribution in [1.82, 2.24) is 14.9 Å². The number of nitrogens with zero attached hydrogens (tertiary/aromatic N) is 3. The number of hydrogen-bond donors (Lipinski definition) is 0. The number of likely N-dealkylation sites (N-methyl/N-ethyl adjacent to an activating group) is 1. The van der Waals surface area contributed by atoms with Crippen LogP contribution in [0, 0.1) is 0 Å². The normalized spacial score (nSPS) is 10.5. The van der Waals surface area contributed by atoms with E-state index in [0.29, 0.717) is 19.0 Å². The summed E-state index contributed by atoms with van der Waals surface area (Å²) in [6.07, 6.45) is 5.32. The summed E-state index contributed by atoms with van der Waals surface area (Å²) in [5.74, 6) is 0.508. The van der Waals surface area contributed by atoms with E-state index in [1.54, 1.807) is 18.5 Å². The van der Waals surface area contributed by atoms with Crippen LogP contribution in [-0.4, -0.2) is 41.0 Å². The Morgan fingerprint density at radius 2 is 2.12 bits per heavy atom. The van der Waals surface area contributed by atoms with Gasteiger partial charge in [-0.1, -0.05) is 13.3 Å². The molecule has 1 heterocycles. The molecule has 1 aromatic heterocycles. The second-order valence-corrected chi connectivity index (χ2v) is 3.91. The molecule has 17 heavy (non-hydrogen) atoms. The average Bonchev–Trinajstić information content (AvgIpc) is 2.30.